The maximum Gasteiger partial charge on any atom is 0.420 e. The van der Waals surface area contributed by atoms with Crippen molar-refractivity contribution >= 4 is 28.9 Å². The Morgan fingerprint density at radius 1 is 1.35 bits per heavy atom. The Bertz CT molecular complexity index is 996. The van der Waals surface area contributed by atoms with Gasteiger partial charge in [0.05, 0.1) is 29.5 Å². The summed E-state index contributed by atoms with van der Waals surface area (Å²) in [6.07, 6.45) is -0.790. The number of urea groups is 1. The van der Waals surface area contributed by atoms with Crippen molar-refractivity contribution in [1.29, 1.82) is 0 Å². The summed E-state index contributed by atoms with van der Waals surface area (Å²) in [5, 5.41) is 12.1. The third-order valence-corrected chi connectivity index (χ3v) is 5.01. The zero-order chi connectivity index (χ0) is 22.6. The van der Waals surface area contributed by atoms with Crippen LogP contribution in [0.1, 0.15) is 30.2 Å². The van der Waals surface area contributed by atoms with Crippen LogP contribution in [-0.2, 0) is 12.8 Å². The molecule has 6 nitrogen and oxygen atoms in total. The van der Waals surface area contributed by atoms with E-state index in [0.717, 1.165) is 11.6 Å². The van der Waals surface area contributed by atoms with Crippen LogP contribution in [0.4, 0.5) is 23.7 Å². The smallest absolute Gasteiger partial charge is 0.420 e. The zero-order valence-corrected chi connectivity index (χ0v) is 17.4. The molecule has 3 rings (SSSR count). The molecule has 166 valence electrons. The lowest BCUT2D eigenvalue weighted by molar-refractivity contribution is -0.138. The van der Waals surface area contributed by atoms with Gasteiger partial charge >= 0.3 is 12.2 Å². The molecule has 0 saturated carbocycles. The predicted molar refractivity (Wildman–Crippen MR) is 111 cm³/mol. The number of ether oxygens (including phenoxy) is 1. The molecule has 2 N–H and O–H groups in total. The van der Waals surface area contributed by atoms with Crippen molar-refractivity contribution in [3.8, 4) is 5.75 Å². The highest BCUT2D eigenvalue weighted by Gasteiger charge is 2.35. The van der Waals surface area contributed by atoms with E-state index in [0.29, 0.717) is 29.2 Å². The summed E-state index contributed by atoms with van der Waals surface area (Å²) in [6, 6.07) is 4.55. The number of halogens is 4. The van der Waals surface area contributed by atoms with E-state index >= 15 is 0 Å². The number of aromatic nitrogens is 1. The van der Waals surface area contributed by atoms with E-state index in [1.807, 2.05) is 0 Å². The summed E-state index contributed by atoms with van der Waals surface area (Å²) in [5.74, 6) is -0.282. The first-order valence-electron chi connectivity index (χ1n) is 9.57. The number of nitrogens with zero attached hydrogens (tertiary/aromatic N) is 2. The van der Waals surface area contributed by atoms with Crippen LogP contribution in [0.5, 0.6) is 5.75 Å². The first-order valence-corrected chi connectivity index (χ1v) is 9.95. The number of hydrogen-bond acceptors (Lipinski definition) is 4. The molecule has 0 radical (unpaired) electrons. The Morgan fingerprint density at radius 2 is 2.13 bits per heavy atom. The molecule has 2 amide bonds. The first kappa shape index (κ1) is 22.9. The van der Waals surface area contributed by atoms with Crippen molar-refractivity contribution < 1.29 is 27.8 Å². The van der Waals surface area contributed by atoms with E-state index in [4.69, 9.17) is 21.4 Å². The molecule has 0 saturated heterocycles. The van der Waals surface area contributed by atoms with Crippen molar-refractivity contribution in [2.45, 2.75) is 26.1 Å². The van der Waals surface area contributed by atoms with Gasteiger partial charge in [-0.2, -0.15) is 13.2 Å². The molecule has 0 aliphatic carbocycles. The van der Waals surface area contributed by atoms with Crippen LogP contribution in [0.2, 0.25) is 5.02 Å². The lowest BCUT2D eigenvalue weighted by Gasteiger charge is -2.27. The number of benzene rings is 1. The molecule has 10 heteroatoms. The van der Waals surface area contributed by atoms with Gasteiger partial charge < -0.3 is 20.1 Å². The van der Waals surface area contributed by atoms with Gasteiger partial charge in [-0.1, -0.05) is 17.7 Å². The molecule has 1 aliphatic heterocycles. The SMILES string of the molecule is CCOc1ccc(NC(=O)N2CC=C(c3ncc(CO)cc3Cl)CC2)cc1C(F)(F)F. The van der Waals surface area contributed by atoms with Crippen molar-refractivity contribution in [3.63, 3.8) is 0 Å². The number of pyridine rings is 1. The van der Waals surface area contributed by atoms with E-state index < -0.39 is 17.8 Å². The Labute approximate surface area is 182 Å². The average molecular weight is 456 g/mol. The molecule has 31 heavy (non-hydrogen) atoms. The van der Waals surface area contributed by atoms with Gasteiger partial charge in [-0.25, -0.2) is 4.79 Å². The summed E-state index contributed by atoms with van der Waals surface area (Å²) in [6.45, 7) is 2.13. The molecule has 0 spiro atoms. The number of alkyl halides is 3. The van der Waals surface area contributed by atoms with E-state index in [1.165, 1.54) is 23.2 Å². The Balaban J connectivity index is 1.70. The molecule has 0 unspecified atom stereocenters. The Hall–Kier alpha value is -2.78. The highest BCUT2D eigenvalue weighted by atomic mass is 35.5. The molecular formula is C21H21ClF3N3O3. The van der Waals surface area contributed by atoms with Gasteiger partial charge in [-0.05, 0) is 48.7 Å². The van der Waals surface area contributed by atoms with Gasteiger partial charge in [0.25, 0.3) is 0 Å². The number of aliphatic hydroxyl groups is 1. The highest BCUT2D eigenvalue weighted by Crippen LogP contribution is 2.38. The molecule has 2 heterocycles. The van der Waals surface area contributed by atoms with Gasteiger partial charge in [-0.3, -0.25) is 4.98 Å². The lowest BCUT2D eigenvalue weighted by atomic mass is 10.0. The van der Waals surface area contributed by atoms with E-state index in [-0.39, 0.29) is 31.2 Å². The van der Waals surface area contributed by atoms with Crippen LogP contribution in [0.15, 0.2) is 36.5 Å². The van der Waals surface area contributed by atoms with Gasteiger partial charge in [0.1, 0.15) is 5.75 Å². The van der Waals surface area contributed by atoms with Crippen LogP contribution in [-0.4, -0.2) is 40.7 Å². The maximum atomic E-state index is 13.3. The minimum absolute atomic E-state index is 0.0276. The molecule has 2 aromatic rings. The Kier molecular flexibility index (Phi) is 7.07. The van der Waals surface area contributed by atoms with Crippen LogP contribution in [0.25, 0.3) is 5.57 Å². The monoisotopic (exact) mass is 455 g/mol. The van der Waals surface area contributed by atoms with E-state index in [1.54, 1.807) is 19.1 Å². The van der Waals surface area contributed by atoms with Crippen LogP contribution in [0, 0.1) is 0 Å². The largest absolute Gasteiger partial charge is 0.493 e. The summed E-state index contributed by atoms with van der Waals surface area (Å²) in [5.41, 5.74) is 1.12. The molecule has 0 atom stereocenters. The van der Waals surface area contributed by atoms with Gasteiger partial charge in [0.2, 0.25) is 0 Å². The minimum atomic E-state index is -4.61. The summed E-state index contributed by atoms with van der Waals surface area (Å²) in [4.78, 5) is 18.3. The third-order valence-electron chi connectivity index (χ3n) is 4.72. The summed E-state index contributed by atoms with van der Waals surface area (Å²) in [7, 11) is 0. The maximum absolute atomic E-state index is 13.3. The number of carbonyl (C=O) groups is 1. The quantitative estimate of drug-likeness (QED) is 0.667. The normalized spacial score (nSPS) is 14.3. The van der Waals surface area contributed by atoms with Gasteiger partial charge in [0, 0.05) is 25.0 Å². The second kappa shape index (κ2) is 9.57. The molecule has 1 aromatic carbocycles. The van der Waals surface area contributed by atoms with Gasteiger partial charge in [-0.15, -0.1) is 0 Å². The molecular weight excluding hydrogens is 435 g/mol. The third kappa shape index (κ3) is 5.48. The van der Waals surface area contributed by atoms with Crippen LogP contribution in [0.3, 0.4) is 0 Å². The number of rotatable bonds is 5. The topological polar surface area (TPSA) is 74.7 Å². The predicted octanol–water partition coefficient (Wildman–Crippen LogP) is 4.97. The number of anilines is 1. The fourth-order valence-corrected chi connectivity index (χ4v) is 3.49. The van der Waals surface area contributed by atoms with Crippen molar-refractivity contribution in [2.75, 3.05) is 25.0 Å². The number of nitrogens with one attached hydrogen (secondary N) is 1. The molecule has 0 bridgehead atoms. The highest BCUT2D eigenvalue weighted by molar-refractivity contribution is 6.32. The van der Waals surface area contributed by atoms with Crippen molar-refractivity contribution in [3.05, 3.63) is 58.4 Å². The second-order valence-electron chi connectivity index (χ2n) is 6.83. The molecule has 1 aromatic heterocycles. The van der Waals surface area contributed by atoms with E-state index in [2.05, 4.69) is 10.3 Å². The number of carbonyl (C=O) groups excluding carboxylic acids is 1. The van der Waals surface area contributed by atoms with Crippen molar-refractivity contribution in [2.24, 2.45) is 0 Å². The summed E-state index contributed by atoms with van der Waals surface area (Å²) < 4.78 is 44.9. The standard InChI is InChI=1S/C21H21ClF3N3O3/c1-2-31-18-4-3-15(10-16(18)21(23,24)25)27-20(30)28-7-5-14(6-8-28)19-17(22)9-13(12-29)11-26-19/h3-5,9-11,29H,2,6-8,12H2,1H3,(H,27,30). The van der Waals surface area contributed by atoms with Crippen LogP contribution < -0.4 is 10.1 Å². The lowest BCUT2D eigenvalue weighted by Crippen LogP contribution is -2.38. The number of aliphatic hydroxyl groups excluding tert-OH is 1. The second-order valence-corrected chi connectivity index (χ2v) is 7.24. The molecule has 0 fully saturated rings. The number of hydrogen-bond donors (Lipinski definition) is 2. The Morgan fingerprint density at radius 3 is 2.71 bits per heavy atom. The van der Waals surface area contributed by atoms with Crippen molar-refractivity contribution in [1.82, 2.24) is 9.88 Å². The fourth-order valence-electron chi connectivity index (χ4n) is 3.18. The summed E-state index contributed by atoms with van der Waals surface area (Å²) >= 11 is 6.23. The first-order chi connectivity index (χ1) is 14.7. The number of amides is 2. The van der Waals surface area contributed by atoms with Crippen LogP contribution >= 0.6 is 11.6 Å². The molecule has 1 aliphatic rings. The van der Waals surface area contributed by atoms with E-state index in [9.17, 15) is 18.0 Å². The average Bonchev–Trinajstić information content (AvgIpc) is 2.74. The zero-order valence-electron chi connectivity index (χ0n) is 16.7. The minimum Gasteiger partial charge on any atom is -0.493 e. The fraction of sp³-hybridized carbons (Fsp3) is 0.333. The van der Waals surface area contributed by atoms with Gasteiger partial charge in [0.15, 0.2) is 0 Å².